The second-order valence-corrected chi connectivity index (χ2v) is 11.2. The number of nitrogens with zero attached hydrogens (tertiary/aromatic N) is 2. The lowest BCUT2D eigenvalue weighted by Gasteiger charge is -2.34. The number of methoxy groups -OCH3 is 2. The van der Waals surface area contributed by atoms with E-state index in [1.807, 2.05) is 12.1 Å². The molecule has 0 bridgehead atoms. The Morgan fingerprint density at radius 2 is 1.59 bits per heavy atom. The average molecular weight is 618 g/mol. The molecule has 0 radical (unpaired) electrons. The van der Waals surface area contributed by atoms with Crippen molar-refractivity contribution in [3.05, 3.63) is 113 Å². The van der Waals surface area contributed by atoms with Gasteiger partial charge in [-0.25, -0.2) is 0 Å². The van der Waals surface area contributed by atoms with Gasteiger partial charge in [0.05, 0.1) is 25.4 Å². The van der Waals surface area contributed by atoms with Crippen molar-refractivity contribution < 1.29 is 23.9 Å². The second kappa shape index (κ2) is 13.2. The van der Waals surface area contributed by atoms with Crippen LogP contribution in [0.5, 0.6) is 11.5 Å². The number of benzene rings is 4. The van der Waals surface area contributed by atoms with E-state index in [1.165, 1.54) is 19.9 Å². The van der Waals surface area contributed by atoms with Gasteiger partial charge in [-0.3, -0.25) is 14.4 Å². The molecule has 1 fully saturated rings. The van der Waals surface area contributed by atoms with E-state index in [1.54, 1.807) is 66.9 Å². The quantitative estimate of drug-likeness (QED) is 0.170. The lowest BCUT2D eigenvalue weighted by atomic mass is 9.99. The van der Waals surface area contributed by atoms with E-state index in [9.17, 15) is 14.4 Å². The number of piperazine rings is 1. The summed E-state index contributed by atoms with van der Waals surface area (Å²) in [5.74, 6) is 0.0538. The summed E-state index contributed by atoms with van der Waals surface area (Å²) in [6.45, 7) is 4.08. The topological polar surface area (TPSA) is 112 Å². The molecule has 0 spiro atoms. The van der Waals surface area contributed by atoms with E-state index in [0.29, 0.717) is 50.7 Å². The Kier molecular flexibility index (Phi) is 8.71. The minimum absolute atomic E-state index is 0.244. The van der Waals surface area contributed by atoms with Crippen LogP contribution < -0.4 is 30.3 Å². The number of fused-ring (bicyclic) bond motifs is 1. The van der Waals surface area contributed by atoms with Crippen LogP contribution in [0.1, 0.15) is 31.8 Å². The van der Waals surface area contributed by atoms with Crippen LogP contribution >= 0.6 is 0 Å². The number of hydrogen-bond acceptors (Lipinski definition) is 8. The molecule has 10 nitrogen and oxygen atoms in total. The molecule has 0 aromatic heterocycles. The highest BCUT2D eigenvalue weighted by atomic mass is 16.5. The van der Waals surface area contributed by atoms with Crippen molar-refractivity contribution in [1.29, 1.82) is 0 Å². The molecule has 2 aliphatic rings. The van der Waals surface area contributed by atoms with Crippen molar-refractivity contribution in [1.82, 2.24) is 4.90 Å². The zero-order chi connectivity index (χ0) is 32.2. The van der Waals surface area contributed by atoms with Crippen molar-refractivity contribution in [2.45, 2.75) is 0 Å². The summed E-state index contributed by atoms with van der Waals surface area (Å²) in [5, 5.41) is 8.94. The monoisotopic (exact) mass is 617 g/mol. The third-order valence-electron chi connectivity index (χ3n) is 8.22. The number of nitrogens with one attached hydrogen (secondary N) is 3. The van der Waals surface area contributed by atoms with E-state index >= 15 is 0 Å². The highest BCUT2D eigenvalue weighted by molar-refractivity contribution is 6.32. The Morgan fingerprint density at radius 1 is 0.826 bits per heavy atom. The molecule has 6 rings (SSSR count). The number of likely N-dealkylation sites (N-methyl/N-ethyl adjacent to an activating group) is 1. The Balaban J connectivity index is 1.14. The molecular weight excluding hydrogens is 582 g/mol. The first kappa shape index (κ1) is 30.4. The first-order valence-corrected chi connectivity index (χ1v) is 15.0. The minimum atomic E-state index is -0.386. The zero-order valence-electron chi connectivity index (χ0n) is 25.9. The maximum absolute atomic E-state index is 13.5. The number of carbonyl (C=O) groups excluding carboxylic acids is 3. The number of rotatable bonds is 9. The molecule has 0 saturated carbocycles. The SMILES string of the molecule is COc1ccc(C(=O)Nc2cccc(C(=O)c3ccc4c(c3)NC(=O)C4=CNc3ccc(N4CCN(C)CC4)cc3)c2)c(OC)c1. The molecule has 0 atom stereocenters. The summed E-state index contributed by atoms with van der Waals surface area (Å²) in [6, 6.07) is 25.0. The van der Waals surface area contributed by atoms with Crippen molar-refractivity contribution in [3.8, 4) is 11.5 Å². The molecule has 1 saturated heterocycles. The van der Waals surface area contributed by atoms with Gasteiger partial charge in [-0.15, -0.1) is 0 Å². The molecular formula is C36H35N5O5. The molecule has 2 amide bonds. The Morgan fingerprint density at radius 3 is 2.33 bits per heavy atom. The van der Waals surface area contributed by atoms with Gasteiger partial charge in [-0.1, -0.05) is 24.3 Å². The molecule has 0 aliphatic carbocycles. The summed E-state index contributed by atoms with van der Waals surface area (Å²) in [5.41, 5.74) is 5.38. The lowest BCUT2D eigenvalue weighted by Crippen LogP contribution is -2.44. The Hall–Kier alpha value is -5.61. The average Bonchev–Trinajstić information content (AvgIpc) is 3.41. The predicted molar refractivity (Wildman–Crippen MR) is 180 cm³/mol. The summed E-state index contributed by atoms with van der Waals surface area (Å²) in [6.07, 6.45) is 1.69. The number of ether oxygens (including phenoxy) is 2. The number of hydrogen-bond donors (Lipinski definition) is 3. The normalized spacial score (nSPS) is 15.2. The molecule has 46 heavy (non-hydrogen) atoms. The molecule has 3 N–H and O–H groups in total. The molecule has 2 aliphatic heterocycles. The third-order valence-corrected chi connectivity index (χ3v) is 8.22. The Bertz CT molecular complexity index is 1830. The molecule has 4 aromatic rings. The number of ketones is 1. The van der Waals surface area contributed by atoms with Gasteiger partial charge in [0, 0.05) is 77.9 Å². The maximum atomic E-state index is 13.5. The smallest absolute Gasteiger partial charge is 0.259 e. The van der Waals surface area contributed by atoms with Crippen LogP contribution in [-0.4, -0.2) is 69.9 Å². The molecule has 0 unspecified atom stereocenters. The molecule has 4 aromatic carbocycles. The van der Waals surface area contributed by atoms with Gasteiger partial charge in [0.1, 0.15) is 11.5 Å². The summed E-state index contributed by atoms with van der Waals surface area (Å²) >= 11 is 0. The van der Waals surface area contributed by atoms with Crippen LogP contribution in [0.3, 0.4) is 0 Å². The highest BCUT2D eigenvalue weighted by Gasteiger charge is 2.26. The second-order valence-electron chi connectivity index (χ2n) is 11.2. The van der Waals surface area contributed by atoms with Gasteiger partial charge < -0.3 is 35.2 Å². The molecule has 234 valence electrons. The van der Waals surface area contributed by atoms with E-state index in [-0.39, 0.29) is 17.6 Å². The van der Waals surface area contributed by atoms with Gasteiger partial charge in [0.25, 0.3) is 11.8 Å². The van der Waals surface area contributed by atoms with Crippen LogP contribution in [0, 0.1) is 0 Å². The highest BCUT2D eigenvalue weighted by Crippen LogP contribution is 2.33. The van der Waals surface area contributed by atoms with Crippen molar-refractivity contribution >= 4 is 45.9 Å². The first-order chi connectivity index (χ1) is 22.3. The van der Waals surface area contributed by atoms with E-state index < -0.39 is 0 Å². The fraction of sp³-hybridized carbons (Fsp3) is 0.194. The Labute approximate surface area is 267 Å². The van der Waals surface area contributed by atoms with E-state index in [2.05, 4.69) is 44.9 Å². The summed E-state index contributed by atoms with van der Waals surface area (Å²) in [7, 11) is 5.15. The number of carbonyl (C=O) groups is 3. The fourth-order valence-corrected chi connectivity index (χ4v) is 5.56. The van der Waals surface area contributed by atoms with Crippen molar-refractivity contribution in [2.75, 3.05) is 68.3 Å². The van der Waals surface area contributed by atoms with Crippen molar-refractivity contribution in [3.63, 3.8) is 0 Å². The molecule has 10 heteroatoms. The van der Waals surface area contributed by atoms with Crippen LogP contribution in [0.2, 0.25) is 0 Å². The van der Waals surface area contributed by atoms with Gasteiger partial charge in [-0.2, -0.15) is 0 Å². The standard InChI is InChI=1S/C36H35N5O5/c1-40-15-17-41(18-16-40)27-10-8-25(9-11-27)37-22-31-29-13-7-24(20-32(29)39-36(31)44)34(42)23-5-4-6-26(19-23)38-35(43)30-14-12-28(45-2)21-33(30)46-3/h4-14,19-22,37H,15-18H2,1-3H3,(H,38,43)(H,39,44). The van der Waals surface area contributed by atoms with Crippen LogP contribution in [0.4, 0.5) is 22.7 Å². The van der Waals surface area contributed by atoms with Gasteiger partial charge >= 0.3 is 0 Å². The first-order valence-electron chi connectivity index (χ1n) is 15.0. The van der Waals surface area contributed by atoms with Gasteiger partial charge in [-0.05, 0) is 61.6 Å². The predicted octanol–water partition coefficient (Wildman–Crippen LogP) is 5.34. The summed E-state index contributed by atoms with van der Waals surface area (Å²) in [4.78, 5) is 44.0. The lowest BCUT2D eigenvalue weighted by molar-refractivity contribution is -0.110. The third kappa shape index (κ3) is 6.43. The fourth-order valence-electron chi connectivity index (χ4n) is 5.56. The molecule has 2 heterocycles. The van der Waals surface area contributed by atoms with Gasteiger partial charge in [0.2, 0.25) is 0 Å². The zero-order valence-corrected chi connectivity index (χ0v) is 25.9. The maximum Gasteiger partial charge on any atom is 0.259 e. The van der Waals surface area contributed by atoms with Crippen LogP contribution in [-0.2, 0) is 4.79 Å². The van der Waals surface area contributed by atoms with Crippen LogP contribution in [0.25, 0.3) is 5.57 Å². The van der Waals surface area contributed by atoms with Crippen molar-refractivity contribution in [2.24, 2.45) is 0 Å². The summed E-state index contributed by atoms with van der Waals surface area (Å²) < 4.78 is 10.6. The number of amides is 2. The number of anilines is 4. The largest absolute Gasteiger partial charge is 0.497 e. The van der Waals surface area contributed by atoms with E-state index in [4.69, 9.17) is 9.47 Å². The van der Waals surface area contributed by atoms with Gasteiger partial charge in [0.15, 0.2) is 5.78 Å². The van der Waals surface area contributed by atoms with E-state index in [0.717, 1.165) is 31.9 Å². The van der Waals surface area contributed by atoms with Crippen LogP contribution in [0.15, 0.2) is 91.1 Å². The minimum Gasteiger partial charge on any atom is -0.497 e.